The smallest absolute Gasteiger partial charge is 0.323 e. The lowest BCUT2D eigenvalue weighted by Gasteiger charge is -2.20. The summed E-state index contributed by atoms with van der Waals surface area (Å²) in [5, 5.41) is 2.93. The molecule has 104 valence electrons. The molecule has 1 atom stereocenters. The van der Waals surface area contributed by atoms with Gasteiger partial charge in [0.2, 0.25) is 0 Å². The number of carbonyl (C=O) groups excluding carboxylic acids is 2. The van der Waals surface area contributed by atoms with Crippen LogP contribution < -0.4 is 5.32 Å². The van der Waals surface area contributed by atoms with Crippen LogP contribution in [0.15, 0.2) is 30.3 Å². The maximum Gasteiger partial charge on any atom is 0.323 e. The molecule has 0 saturated carbocycles. The van der Waals surface area contributed by atoms with E-state index in [0.29, 0.717) is 0 Å². The monoisotopic (exact) mass is 263 g/mol. The van der Waals surface area contributed by atoms with Crippen molar-refractivity contribution in [3.63, 3.8) is 0 Å². The van der Waals surface area contributed by atoms with Gasteiger partial charge < -0.3 is 4.74 Å². The first kappa shape index (κ1) is 15.4. The van der Waals surface area contributed by atoms with Crippen LogP contribution in [0.5, 0.6) is 0 Å². The Morgan fingerprint density at radius 1 is 1.21 bits per heavy atom. The molecule has 0 amide bonds. The van der Waals surface area contributed by atoms with Crippen LogP contribution in [-0.2, 0) is 20.9 Å². The van der Waals surface area contributed by atoms with E-state index in [1.165, 1.54) is 6.92 Å². The topological polar surface area (TPSA) is 55.4 Å². The minimum absolute atomic E-state index is 0.00140. The van der Waals surface area contributed by atoms with Crippen molar-refractivity contribution in [2.45, 2.75) is 33.4 Å². The van der Waals surface area contributed by atoms with Gasteiger partial charge in [-0.15, -0.1) is 0 Å². The summed E-state index contributed by atoms with van der Waals surface area (Å²) >= 11 is 0. The van der Waals surface area contributed by atoms with Gasteiger partial charge in [0.25, 0.3) is 0 Å². The van der Waals surface area contributed by atoms with Gasteiger partial charge in [0.1, 0.15) is 18.4 Å². The molecule has 0 heterocycles. The van der Waals surface area contributed by atoms with E-state index in [2.05, 4.69) is 5.32 Å². The van der Waals surface area contributed by atoms with Gasteiger partial charge in [-0.3, -0.25) is 14.9 Å². The van der Waals surface area contributed by atoms with Crippen molar-refractivity contribution in [3.05, 3.63) is 35.9 Å². The van der Waals surface area contributed by atoms with Crippen molar-refractivity contribution < 1.29 is 14.3 Å². The zero-order valence-corrected chi connectivity index (χ0v) is 11.7. The summed E-state index contributed by atoms with van der Waals surface area (Å²) in [5.74, 6) is -0.246. The molecule has 19 heavy (non-hydrogen) atoms. The molecule has 1 N–H and O–H groups in total. The van der Waals surface area contributed by atoms with Crippen LogP contribution in [-0.4, -0.2) is 24.3 Å². The second-order valence-corrected chi connectivity index (χ2v) is 4.90. The molecule has 1 aromatic carbocycles. The molecule has 4 nitrogen and oxygen atoms in total. The molecule has 0 radical (unpaired) electrons. The largest absolute Gasteiger partial charge is 0.460 e. The Bertz CT molecular complexity index is 415. The number of esters is 1. The fourth-order valence-corrected chi connectivity index (χ4v) is 1.66. The fourth-order valence-electron chi connectivity index (χ4n) is 1.66. The molecule has 4 heteroatoms. The predicted octanol–water partition coefficient (Wildman–Crippen LogP) is 1.93. The molecule has 0 saturated heterocycles. The van der Waals surface area contributed by atoms with E-state index >= 15 is 0 Å². The Labute approximate surface area is 114 Å². The third-order valence-electron chi connectivity index (χ3n) is 2.72. The molecule has 0 aliphatic heterocycles. The van der Waals surface area contributed by atoms with E-state index in [-0.39, 0.29) is 30.8 Å². The Hall–Kier alpha value is -1.68. The minimum atomic E-state index is -0.451. The molecule has 0 aromatic heterocycles. The third-order valence-corrected chi connectivity index (χ3v) is 2.72. The van der Waals surface area contributed by atoms with Crippen molar-refractivity contribution in [2.75, 3.05) is 6.54 Å². The van der Waals surface area contributed by atoms with Crippen LogP contribution in [0.2, 0.25) is 0 Å². The van der Waals surface area contributed by atoms with Crippen LogP contribution in [0, 0.1) is 5.92 Å². The number of nitrogens with one attached hydrogen (secondary N) is 1. The third kappa shape index (κ3) is 5.66. The van der Waals surface area contributed by atoms with Crippen molar-refractivity contribution in [1.82, 2.24) is 5.32 Å². The van der Waals surface area contributed by atoms with Gasteiger partial charge in [0.15, 0.2) is 0 Å². The van der Waals surface area contributed by atoms with Crippen LogP contribution in [0.4, 0.5) is 0 Å². The van der Waals surface area contributed by atoms with Crippen LogP contribution >= 0.6 is 0 Å². The van der Waals surface area contributed by atoms with Crippen molar-refractivity contribution >= 4 is 11.8 Å². The molecule has 0 fully saturated rings. The van der Waals surface area contributed by atoms with Gasteiger partial charge in [-0.1, -0.05) is 44.2 Å². The lowest BCUT2D eigenvalue weighted by atomic mass is 10.0. The van der Waals surface area contributed by atoms with Crippen molar-refractivity contribution in [1.29, 1.82) is 0 Å². The average molecular weight is 263 g/mol. The lowest BCUT2D eigenvalue weighted by Crippen LogP contribution is -2.43. The first-order valence-corrected chi connectivity index (χ1v) is 6.44. The normalized spacial score (nSPS) is 12.2. The quantitative estimate of drug-likeness (QED) is 0.764. The fraction of sp³-hybridized carbons (Fsp3) is 0.467. The SMILES string of the molecule is CC(=O)CN[C@H](C(=O)OCc1ccccc1)C(C)C. The number of hydrogen-bond acceptors (Lipinski definition) is 4. The summed E-state index contributed by atoms with van der Waals surface area (Å²) in [4.78, 5) is 22.9. The van der Waals surface area contributed by atoms with E-state index in [1.54, 1.807) is 0 Å². The molecule has 0 spiro atoms. The van der Waals surface area contributed by atoms with E-state index < -0.39 is 6.04 Å². The van der Waals surface area contributed by atoms with Crippen molar-refractivity contribution in [3.8, 4) is 0 Å². The Kier molecular flexibility index (Phi) is 6.22. The second kappa shape index (κ2) is 7.69. The van der Waals surface area contributed by atoms with Gasteiger partial charge in [-0.2, -0.15) is 0 Å². The molecule has 0 bridgehead atoms. The number of Topliss-reactive ketones (excluding diaryl/α,β-unsaturated/α-hetero) is 1. The Morgan fingerprint density at radius 2 is 1.84 bits per heavy atom. The summed E-state index contributed by atoms with van der Waals surface area (Å²) < 4.78 is 5.27. The highest BCUT2D eigenvalue weighted by atomic mass is 16.5. The maximum atomic E-state index is 12.0. The number of hydrogen-bond donors (Lipinski definition) is 1. The summed E-state index contributed by atoms with van der Waals surface area (Å²) in [7, 11) is 0. The molecule has 1 aromatic rings. The standard InChI is InChI=1S/C15H21NO3/c1-11(2)14(16-9-12(3)17)15(18)19-10-13-7-5-4-6-8-13/h4-8,11,14,16H,9-10H2,1-3H3/t14-/m0/s1. The Morgan fingerprint density at radius 3 is 2.37 bits per heavy atom. The van der Waals surface area contributed by atoms with Gasteiger partial charge in [-0.05, 0) is 18.4 Å². The number of benzene rings is 1. The number of rotatable bonds is 7. The number of ether oxygens (including phenoxy) is 1. The average Bonchev–Trinajstić information content (AvgIpc) is 2.37. The zero-order chi connectivity index (χ0) is 14.3. The van der Waals surface area contributed by atoms with E-state index in [1.807, 2.05) is 44.2 Å². The van der Waals surface area contributed by atoms with Crippen molar-refractivity contribution in [2.24, 2.45) is 5.92 Å². The van der Waals surface area contributed by atoms with E-state index in [9.17, 15) is 9.59 Å². The molecular formula is C15H21NO3. The summed E-state index contributed by atoms with van der Waals surface area (Å²) in [5.41, 5.74) is 0.949. The number of ketones is 1. The van der Waals surface area contributed by atoms with Crippen LogP contribution in [0.3, 0.4) is 0 Å². The molecule has 0 unspecified atom stereocenters. The Balaban J connectivity index is 2.50. The first-order chi connectivity index (χ1) is 9.00. The minimum Gasteiger partial charge on any atom is -0.460 e. The highest BCUT2D eigenvalue weighted by Crippen LogP contribution is 2.07. The van der Waals surface area contributed by atoms with E-state index in [4.69, 9.17) is 4.74 Å². The zero-order valence-electron chi connectivity index (χ0n) is 11.7. The van der Waals surface area contributed by atoms with Gasteiger partial charge in [0, 0.05) is 0 Å². The summed E-state index contributed by atoms with van der Waals surface area (Å²) in [6, 6.07) is 9.07. The number of carbonyl (C=O) groups is 2. The van der Waals surface area contributed by atoms with Gasteiger partial charge >= 0.3 is 5.97 Å². The van der Waals surface area contributed by atoms with Gasteiger partial charge in [-0.25, -0.2) is 0 Å². The molecule has 0 aliphatic rings. The maximum absolute atomic E-state index is 12.0. The highest BCUT2D eigenvalue weighted by Gasteiger charge is 2.23. The summed E-state index contributed by atoms with van der Waals surface area (Å²) in [6.07, 6.45) is 0. The van der Waals surface area contributed by atoms with Gasteiger partial charge in [0.05, 0.1) is 6.54 Å². The molecule has 0 aliphatic carbocycles. The first-order valence-electron chi connectivity index (χ1n) is 6.44. The highest BCUT2D eigenvalue weighted by molar-refractivity contribution is 5.80. The molecule has 1 rings (SSSR count). The second-order valence-electron chi connectivity index (χ2n) is 4.90. The van der Waals surface area contributed by atoms with Crippen LogP contribution in [0.1, 0.15) is 26.3 Å². The lowest BCUT2D eigenvalue weighted by molar-refractivity contribution is -0.148. The molecular weight excluding hydrogens is 242 g/mol. The summed E-state index contributed by atoms with van der Waals surface area (Å²) in [6.45, 7) is 5.76. The van der Waals surface area contributed by atoms with E-state index in [0.717, 1.165) is 5.56 Å². The van der Waals surface area contributed by atoms with Crippen LogP contribution in [0.25, 0.3) is 0 Å². The predicted molar refractivity (Wildman–Crippen MR) is 73.5 cm³/mol.